The van der Waals surface area contributed by atoms with Gasteiger partial charge < -0.3 is 14.7 Å². The van der Waals surface area contributed by atoms with Crippen molar-refractivity contribution in [2.45, 2.75) is 48.4 Å². The highest BCUT2D eigenvalue weighted by molar-refractivity contribution is 7.91. The quantitative estimate of drug-likeness (QED) is 0.577. The summed E-state index contributed by atoms with van der Waals surface area (Å²) in [6.45, 7) is -0.478. The smallest absolute Gasteiger partial charge is 0.417 e. The molecule has 1 spiro atoms. The highest BCUT2D eigenvalue weighted by Gasteiger charge is 2.58. The Morgan fingerprint density at radius 1 is 1.16 bits per heavy atom. The maximum atomic E-state index is 13.8. The van der Waals surface area contributed by atoms with Crippen LogP contribution >= 0.6 is 12.2 Å². The summed E-state index contributed by atoms with van der Waals surface area (Å²) in [6.07, 6.45) is -3.64. The fourth-order valence-electron chi connectivity index (χ4n) is 5.27. The van der Waals surface area contributed by atoms with Gasteiger partial charge in [0.2, 0.25) is 0 Å². The molecule has 5 rings (SSSR count). The van der Waals surface area contributed by atoms with Gasteiger partial charge in [0.1, 0.15) is 22.3 Å². The maximum Gasteiger partial charge on any atom is 0.417 e. The van der Waals surface area contributed by atoms with Crippen LogP contribution in [0, 0.1) is 11.3 Å². The number of sulfone groups is 1. The minimum Gasteiger partial charge on any atom is -0.486 e. The van der Waals surface area contributed by atoms with E-state index in [0.717, 1.165) is 17.0 Å². The molecule has 37 heavy (non-hydrogen) atoms. The second-order valence-electron chi connectivity index (χ2n) is 9.17. The zero-order valence-corrected chi connectivity index (χ0v) is 20.8. The van der Waals surface area contributed by atoms with Crippen molar-refractivity contribution in [3.05, 3.63) is 47.5 Å². The number of carbonyl (C=O) groups is 1. The number of alkyl halides is 3. The summed E-state index contributed by atoms with van der Waals surface area (Å²) in [4.78, 5) is 16.3. The third-order valence-corrected chi connectivity index (χ3v) is 9.12. The molecule has 2 aliphatic heterocycles. The lowest BCUT2D eigenvalue weighted by molar-refractivity contribution is -0.137. The summed E-state index contributed by atoms with van der Waals surface area (Å²) in [5.41, 5.74) is -2.79. The number of amides is 1. The largest absolute Gasteiger partial charge is 0.486 e. The molecule has 1 aliphatic carbocycles. The third-order valence-electron chi connectivity index (χ3n) is 6.95. The summed E-state index contributed by atoms with van der Waals surface area (Å²) < 4.78 is 72.3. The number of aliphatic hydroxyl groups is 1. The molecule has 2 fully saturated rings. The van der Waals surface area contributed by atoms with E-state index in [1.165, 1.54) is 35.2 Å². The van der Waals surface area contributed by atoms with Crippen molar-refractivity contribution in [3.63, 3.8) is 0 Å². The molecule has 2 heterocycles. The number of fused-ring (bicyclic) bond motifs is 1. The van der Waals surface area contributed by atoms with Crippen molar-refractivity contribution in [1.82, 2.24) is 0 Å². The van der Waals surface area contributed by atoms with Crippen LogP contribution in [0.3, 0.4) is 0 Å². The van der Waals surface area contributed by atoms with Crippen molar-refractivity contribution in [1.29, 1.82) is 5.26 Å². The molecular weight excluding hydrogens is 531 g/mol. The number of benzene rings is 2. The highest BCUT2D eigenvalue weighted by Crippen LogP contribution is 2.48. The monoisotopic (exact) mass is 551 g/mol. The first-order valence-electron chi connectivity index (χ1n) is 11.4. The number of rotatable bonds is 3. The Labute approximate surface area is 215 Å². The number of thiocarbonyl (C=S) groups is 1. The Bertz CT molecular complexity index is 1460. The molecule has 194 valence electrons. The topological polar surface area (TPSA) is 111 Å². The molecule has 13 heteroatoms. The van der Waals surface area contributed by atoms with E-state index >= 15 is 0 Å². The zero-order chi connectivity index (χ0) is 26.8. The van der Waals surface area contributed by atoms with E-state index < -0.39 is 57.1 Å². The van der Waals surface area contributed by atoms with E-state index in [-0.39, 0.29) is 21.4 Å². The van der Waals surface area contributed by atoms with Gasteiger partial charge in [0, 0.05) is 5.69 Å². The molecule has 1 amide bonds. The fourth-order valence-corrected chi connectivity index (χ4v) is 7.31. The highest BCUT2D eigenvalue weighted by atomic mass is 32.2. The molecule has 0 radical (unpaired) electrons. The van der Waals surface area contributed by atoms with Gasteiger partial charge in [0.15, 0.2) is 14.9 Å². The Balaban J connectivity index is 1.63. The summed E-state index contributed by atoms with van der Waals surface area (Å²) in [7, 11) is -3.83. The minimum atomic E-state index is -4.82. The van der Waals surface area contributed by atoms with Crippen LogP contribution in [-0.4, -0.2) is 48.5 Å². The number of hydrogen-bond donors (Lipinski definition) is 1. The first-order valence-corrected chi connectivity index (χ1v) is 13.4. The molecule has 1 N–H and O–H groups in total. The van der Waals surface area contributed by atoms with Gasteiger partial charge in [0.25, 0.3) is 5.91 Å². The number of nitriles is 1. The fraction of sp³-hybridized carbons (Fsp3) is 0.375. The number of anilines is 2. The summed E-state index contributed by atoms with van der Waals surface area (Å²) in [5.74, 6) is -0.874. The van der Waals surface area contributed by atoms with Crippen LogP contribution in [0.2, 0.25) is 0 Å². The number of aliphatic hydroxyl groups excluding tert-OH is 1. The Hall–Kier alpha value is -3.21. The standard InChI is InChI=1S/C24H20F3N3O5S2/c25-24(26,27)18-9-15(4-3-14(18)11-28)29-21(32)23(7-1-2-8-23)30(22(29)36)16-5-6-19-20(10-16)37(33,34)13-17(12-31)35-19/h3-6,9-10,17,31H,1-2,7-8,12-13H2/t17-/m1/s1. The van der Waals surface area contributed by atoms with Gasteiger partial charge in [-0.15, -0.1) is 0 Å². The Morgan fingerprint density at radius 3 is 2.46 bits per heavy atom. The molecule has 1 saturated carbocycles. The van der Waals surface area contributed by atoms with Crippen LogP contribution in [0.25, 0.3) is 0 Å². The van der Waals surface area contributed by atoms with Crippen LogP contribution in [0.1, 0.15) is 36.8 Å². The minimum absolute atomic E-state index is 0.0599. The molecule has 1 atom stereocenters. The zero-order valence-electron chi connectivity index (χ0n) is 19.2. The molecule has 0 unspecified atom stereocenters. The Morgan fingerprint density at radius 2 is 1.84 bits per heavy atom. The van der Waals surface area contributed by atoms with Crippen molar-refractivity contribution in [2.75, 3.05) is 22.2 Å². The van der Waals surface area contributed by atoms with Crippen molar-refractivity contribution >= 4 is 44.4 Å². The van der Waals surface area contributed by atoms with Crippen LogP contribution in [0.5, 0.6) is 5.75 Å². The van der Waals surface area contributed by atoms with Gasteiger partial charge in [-0.25, -0.2) is 8.42 Å². The average molecular weight is 552 g/mol. The molecular formula is C24H20F3N3O5S2. The van der Waals surface area contributed by atoms with E-state index in [1.54, 1.807) is 0 Å². The number of carbonyl (C=O) groups excluding carboxylic acids is 1. The van der Waals surface area contributed by atoms with Gasteiger partial charge in [-0.2, -0.15) is 18.4 Å². The van der Waals surface area contributed by atoms with Gasteiger partial charge in [-0.3, -0.25) is 9.69 Å². The van der Waals surface area contributed by atoms with Crippen LogP contribution in [0.4, 0.5) is 24.5 Å². The third kappa shape index (κ3) is 3.94. The maximum absolute atomic E-state index is 13.8. The number of nitrogens with zero attached hydrogens (tertiary/aromatic N) is 3. The lowest BCUT2D eigenvalue weighted by Crippen LogP contribution is -2.47. The van der Waals surface area contributed by atoms with Gasteiger partial charge in [-0.1, -0.05) is 12.8 Å². The molecule has 0 aromatic heterocycles. The summed E-state index contributed by atoms with van der Waals surface area (Å²) >= 11 is 5.63. The Kier molecular flexibility index (Phi) is 5.97. The molecule has 2 aromatic rings. The normalized spacial score (nSPS) is 22.2. The van der Waals surface area contributed by atoms with Crippen molar-refractivity contribution in [2.24, 2.45) is 0 Å². The number of ether oxygens (including phenoxy) is 1. The van der Waals surface area contributed by atoms with Crippen molar-refractivity contribution < 1.29 is 36.2 Å². The van der Waals surface area contributed by atoms with Gasteiger partial charge in [-0.05, 0) is 61.5 Å². The summed E-state index contributed by atoms with van der Waals surface area (Å²) in [6, 6.07) is 8.80. The van der Waals surface area contributed by atoms with Gasteiger partial charge >= 0.3 is 6.18 Å². The molecule has 3 aliphatic rings. The molecule has 0 bridgehead atoms. The number of hydrogen-bond acceptors (Lipinski definition) is 7. The van der Waals surface area contributed by atoms with Crippen LogP contribution in [-0.2, 0) is 20.8 Å². The lowest BCUT2D eigenvalue weighted by Gasteiger charge is -2.33. The second kappa shape index (κ2) is 8.68. The van der Waals surface area contributed by atoms with Crippen LogP contribution in [0.15, 0.2) is 41.3 Å². The first-order chi connectivity index (χ1) is 17.4. The first kappa shape index (κ1) is 25.4. The second-order valence-corrected chi connectivity index (χ2v) is 11.5. The molecule has 8 nitrogen and oxygen atoms in total. The van der Waals surface area contributed by atoms with Gasteiger partial charge in [0.05, 0.1) is 35.2 Å². The van der Waals surface area contributed by atoms with Crippen molar-refractivity contribution in [3.8, 4) is 11.8 Å². The summed E-state index contributed by atoms with van der Waals surface area (Å²) in [5, 5.41) is 18.4. The molecule has 2 aromatic carbocycles. The van der Waals surface area contributed by atoms with E-state index in [1.807, 2.05) is 0 Å². The lowest BCUT2D eigenvalue weighted by atomic mass is 9.94. The predicted octanol–water partition coefficient (Wildman–Crippen LogP) is 3.55. The SMILES string of the molecule is N#Cc1ccc(N2C(=O)C3(CCCC3)N(c3ccc4c(c3)S(=O)(=O)C[C@@H](CO)O4)C2=S)cc1C(F)(F)F. The molecule has 1 saturated heterocycles. The predicted molar refractivity (Wildman–Crippen MR) is 130 cm³/mol. The van der Waals surface area contributed by atoms with E-state index in [0.29, 0.717) is 31.4 Å². The van der Waals surface area contributed by atoms with E-state index in [4.69, 9.17) is 22.2 Å². The van der Waals surface area contributed by atoms with E-state index in [2.05, 4.69) is 0 Å². The number of halogens is 3. The van der Waals surface area contributed by atoms with E-state index in [9.17, 15) is 31.5 Å². The average Bonchev–Trinajstić information content (AvgIpc) is 3.41. The van der Waals surface area contributed by atoms with Crippen LogP contribution < -0.4 is 14.5 Å².